The van der Waals surface area contributed by atoms with Gasteiger partial charge in [0.05, 0.1) is 5.75 Å². The average molecular weight is 344 g/mol. The molecule has 0 spiro atoms. The minimum atomic E-state index is -3.61. The molecule has 0 radical (unpaired) electrons. The van der Waals surface area contributed by atoms with E-state index in [1.165, 1.54) is 11.4 Å². The number of fused-ring (bicyclic) bond motifs is 1. The molecular weight excluding hydrogens is 324 g/mol. The van der Waals surface area contributed by atoms with E-state index < -0.39 is 16.1 Å². The van der Waals surface area contributed by atoms with E-state index >= 15 is 0 Å². The lowest BCUT2D eigenvalue weighted by Crippen LogP contribution is -2.52. The summed E-state index contributed by atoms with van der Waals surface area (Å²) in [4.78, 5) is 12.3. The highest BCUT2D eigenvalue weighted by molar-refractivity contribution is 7.88. The number of nitrogens with zero attached hydrogens (tertiary/aromatic N) is 1. The van der Waals surface area contributed by atoms with Crippen LogP contribution in [0.3, 0.4) is 0 Å². The van der Waals surface area contributed by atoms with Gasteiger partial charge in [0, 0.05) is 13.6 Å². The molecule has 0 bridgehead atoms. The first kappa shape index (κ1) is 16.7. The highest BCUT2D eigenvalue weighted by atomic mass is 32.2. The van der Waals surface area contributed by atoms with Gasteiger partial charge in [-0.2, -0.15) is 4.31 Å². The first-order chi connectivity index (χ1) is 11.5. The summed E-state index contributed by atoms with van der Waals surface area (Å²) in [6.07, 6.45) is 0.393. The number of benzene rings is 2. The Morgan fingerprint density at radius 2 is 1.71 bits per heavy atom. The highest BCUT2D eigenvalue weighted by Gasteiger charge is 2.38. The van der Waals surface area contributed by atoms with Gasteiger partial charge in [0.2, 0.25) is 15.9 Å². The van der Waals surface area contributed by atoms with E-state index in [-0.39, 0.29) is 18.2 Å². The zero-order chi connectivity index (χ0) is 17.2. The lowest BCUT2D eigenvalue weighted by molar-refractivity contribution is -0.124. The van der Waals surface area contributed by atoms with Gasteiger partial charge in [0.25, 0.3) is 0 Å². The number of amides is 1. The van der Waals surface area contributed by atoms with Crippen molar-refractivity contribution in [3.8, 4) is 0 Å². The molecule has 0 aromatic heterocycles. The van der Waals surface area contributed by atoms with Gasteiger partial charge in [-0.15, -0.1) is 0 Å². The predicted octanol–water partition coefficient (Wildman–Crippen LogP) is 1.69. The topological polar surface area (TPSA) is 66.5 Å². The summed E-state index contributed by atoms with van der Waals surface area (Å²) in [5.41, 5.74) is 2.69. The number of carbonyl (C=O) groups is 1. The van der Waals surface area contributed by atoms with Crippen LogP contribution in [0.15, 0.2) is 54.6 Å². The minimum Gasteiger partial charge on any atom is -0.358 e. The SMILES string of the molecule is CNC(=O)C1Cc2ccccc2CN1S(=O)(=O)Cc1ccccc1. The van der Waals surface area contributed by atoms with Crippen molar-refractivity contribution in [3.05, 3.63) is 71.3 Å². The first-order valence-corrected chi connectivity index (χ1v) is 9.44. The summed E-state index contributed by atoms with van der Waals surface area (Å²) in [5.74, 6) is -0.384. The maximum absolute atomic E-state index is 12.9. The molecule has 1 atom stereocenters. The lowest BCUT2D eigenvalue weighted by Gasteiger charge is -2.34. The van der Waals surface area contributed by atoms with E-state index in [0.29, 0.717) is 12.0 Å². The van der Waals surface area contributed by atoms with E-state index in [2.05, 4.69) is 5.32 Å². The summed E-state index contributed by atoms with van der Waals surface area (Å²) in [7, 11) is -2.08. The molecule has 2 aromatic carbocycles. The van der Waals surface area contributed by atoms with E-state index in [0.717, 1.165) is 11.1 Å². The molecule has 1 N–H and O–H groups in total. The third-order valence-electron chi connectivity index (χ3n) is 4.30. The Labute approximate surface area is 142 Å². The summed E-state index contributed by atoms with van der Waals surface area (Å²) in [5, 5.41) is 2.59. The van der Waals surface area contributed by atoms with Crippen molar-refractivity contribution in [3.63, 3.8) is 0 Å². The molecule has 0 aliphatic carbocycles. The van der Waals surface area contributed by atoms with Gasteiger partial charge in [-0.05, 0) is 23.1 Å². The molecule has 1 heterocycles. The van der Waals surface area contributed by atoms with Crippen molar-refractivity contribution >= 4 is 15.9 Å². The van der Waals surface area contributed by atoms with Gasteiger partial charge in [-0.25, -0.2) is 8.42 Å². The van der Waals surface area contributed by atoms with Gasteiger partial charge >= 0.3 is 0 Å². The highest BCUT2D eigenvalue weighted by Crippen LogP contribution is 2.27. The van der Waals surface area contributed by atoms with Crippen LogP contribution in [0.5, 0.6) is 0 Å². The van der Waals surface area contributed by atoms with Gasteiger partial charge in [-0.1, -0.05) is 54.6 Å². The number of hydrogen-bond donors (Lipinski definition) is 1. The molecule has 0 saturated carbocycles. The molecule has 0 saturated heterocycles. The number of hydrogen-bond acceptors (Lipinski definition) is 3. The number of sulfonamides is 1. The van der Waals surface area contributed by atoms with Crippen molar-refractivity contribution in [2.45, 2.75) is 24.8 Å². The van der Waals surface area contributed by atoms with Gasteiger partial charge in [0.15, 0.2) is 0 Å². The Balaban J connectivity index is 1.95. The quantitative estimate of drug-likeness (QED) is 0.918. The van der Waals surface area contributed by atoms with Crippen LogP contribution >= 0.6 is 0 Å². The Bertz CT molecular complexity index is 834. The largest absolute Gasteiger partial charge is 0.358 e. The third kappa shape index (κ3) is 3.34. The molecule has 3 rings (SSSR count). The van der Waals surface area contributed by atoms with Gasteiger partial charge in [-0.3, -0.25) is 4.79 Å². The van der Waals surface area contributed by atoms with Crippen molar-refractivity contribution in [2.75, 3.05) is 7.05 Å². The molecule has 0 fully saturated rings. The molecule has 1 unspecified atom stereocenters. The van der Waals surface area contributed by atoms with E-state index in [9.17, 15) is 13.2 Å². The Kier molecular flexibility index (Phi) is 4.69. The van der Waals surface area contributed by atoms with Crippen LogP contribution in [-0.4, -0.2) is 31.7 Å². The second-order valence-electron chi connectivity index (χ2n) is 5.89. The lowest BCUT2D eigenvalue weighted by atomic mass is 9.95. The van der Waals surface area contributed by atoms with E-state index in [1.807, 2.05) is 42.5 Å². The zero-order valence-electron chi connectivity index (χ0n) is 13.5. The van der Waals surface area contributed by atoms with E-state index in [1.54, 1.807) is 12.1 Å². The molecule has 1 aliphatic rings. The Morgan fingerprint density at radius 3 is 2.38 bits per heavy atom. The molecule has 1 amide bonds. The molecule has 126 valence electrons. The molecule has 6 heteroatoms. The van der Waals surface area contributed by atoms with Crippen molar-refractivity contribution < 1.29 is 13.2 Å². The van der Waals surface area contributed by atoms with Crippen molar-refractivity contribution in [1.29, 1.82) is 0 Å². The number of nitrogens with one attached hydrogen (secondary N) is 1. The van der Waals surface area contributed by atoms with Crippen molar-refractivity contribution in [2.24, 2.45) is 0 Å². The fraction of sp³-hybridized carbons (Fsp3) is 0.278. The third-order valence-corrected chi connectivity index (χ3v) is 6.10. The van der Waals surface area contributed by atoms with Crippen LogP contribution in [-0.2, 0) is 33.5 Å². The predicted molar refractivity (Wildman–Crippen MR) is 92.6 cm³/mol. The number of rotatable bonds is 4. The van der Waals surface area contributed by atoms with Crippen LogP contribution < -0.4 is 5.32 Å². The Morgan fingerprint density at radius 1 is 1.08 bits per heavy atom. The normalized spacial score (nSPS) is 18.0. The zero-order valence-corrected chi connectivity index (χ0v) is 14.3. The summed E-state index contributed by atoms with van der Waals surface area (Å²) in [6, 6.07) is 16.0. The maximum Gasteiger partial charge on any atom is 0.238 e. The summed E-state index contributed by atoms with van der Waals surface area (Å²) >= 11 is 0. The second kappa shape index (κ2) is 6.75. The van der Waals surface area contributed by atoms with Crippen LogP contribution in [0.2, 0.25) is 0 Å². The van der Waals surface area contributed by atoms with Crippen LogP contribution in [0.1, 0.15) is 16.7 Å². The van der Waals surface area contributed by atoms with Crippen LogP contribution in [0.25, 0.3) is 0 Å². The van der Waals surface area contributed by atoms with Gasteiger partial charge in [0.1, 0.15) is 6.04 Å². The second-order valence-corrected chi connectivity index (χ2v) is 7.81. The van der Waals surface area contributed by atoms with Crippen LogP contribution in [0, 0.1) is 0 Å². The maximum atomic E-state index is 12.9. The monoisotopic (exact) mass is 344 g/mol. The first-order valence-electron chi connectivity index (χ1n) is 7.83. The molecule has 24 heavy (non-hydrogen) atoms. The molecule has 1 aliphatic heterocycles. The smallest absolute Gasteiger partial charge is 0.238 e. The van der Waals surface area contributed by atoms with Crippen LogP contribution in [0.4, 0.5) is 0 Å². The Hall–Kier alpha value is -2.18. The molecule has 5 nitrogen and oxygen atoms in total. The fourth-order valence-corrected chi connectivity index (χ4v) is 4.72. The van der Waals surface area contributed by atoms with Crippen molar-refractivity contribution in [1.82, 2.24) is 9.62 Å². The summed E-state index contributed by atoms with van der Waals surface area (Å²) < 4.78 is 27.2. The molecule has 2 aromatic rings. The number of likely N-dealkylation sites (N-methyl/N-ethyl adjacent to an activating group) is 1. The van der Waals surface area contributed by atoms with E-state index in [4.69, 9.17) is 0 Å². The standard InChI is InChI=1S/C18H20N2O3S/c1-19-18(21)17-11-15-9-5-6-10-16(15)12-20(17)24(22,23)13-14-7-3-2-4-8-14/h2-10,17H,11-13H2,1H3,(H,19,21). The molecular formula is C18H20N2O3S. The fourth-order valence-electron chi connectivity index (χ4n) is 3.05. The number of carbonyl (C=O) groups excluding carboxylic acids is 1. The summed E-state index contributed by atoms with van der Waals surface area (Å²) in [6.45, 7) is 0.226. The average Bonchev–Trinajstić information content (AvgIpc) is 2.60. The van der Waals surface area contributed by atoms with Gasteiger partial charge < -0.3 is 5.32 Å². The minimum absolute atomic E-state index is 0.108.